The molecule has 0 saturated carbocycles. The molecule has 0 fully saturated rings. The molecule has 1 heterocycles. The van der Waals surface area contributed by atoms with Gasteiger partial charge in [-0.05, 0) is 18.6 Å². The van der Waals surface area contributed by atoms with E-state index in [9.17, 15) is 8.78 Å². The molecule has 0 radical (unpaired) electrons. The van der Waals surface area contributed by atoms with E-state index in [0.717, 1.165) is 5.56 Å². The average Bonchev–Trinajstić information content (AvgIpc) is 2.14. The van der Waals surface area contributed by atoms with Crippen molar-refractivity contribution in [1.82, 2.24) is 4.98 Å². The highest BCUT2D eigenvalue weighted by molar-refractivity contribution is 5.33. The zero-order chi connectivity index (χ0) is 10.6. The molecule has 1 aromatic heterocycles. The summed E-state index contributed by atoms with van der Waals surface area (Å²) in [7, 11) is 0. The zero-order valence-corrected chi connectivity index (χ0v) is 7.84. The van der Waals surface area contributed by atoms with Crippen molar-refractivity contribution in [3.63, 3.8) is 0 Å². The quantitative estimate of drug-likeness (QED) is 0.804. The average molecular weight is 202 g/mol. The molecule has 0 unspecified atom stereocenters. The molecule has 0 aromatic carbocycles. The molecule has 5 heteroatoms. The largest absolute Gasteiger partial charge is 0.471 e. The summed E-state index contributed by atoms with van der Waals surface area (Å²) in [6.45, 7) is 1.42. The molecule has 0 aliphatic rings. The molecule has 1 rings (SSSR count). The number of pyridine rings is 1. The molecule has 0 aliphatic heterocycles. The maximum absolute atomic E-state index is 11.9. The van der Waals surface area contributed by atoms with Gasteiger partial charge in [-0.15, -0.1) is 0 Å². The third-order valence-corrected chi connectivity index (χ3v) is 1.80. The second kappa shape index (κ2) is 4.85. The minimum atomic E-state index is -2.50. The van der Waals surface area contributed by atoms with Gasteiger partial charge in [0.15, 0.2) is 6.61 Å². The van der Waals surface area contributed by atoms with Gasteiger partial charge in [-0.3, -0.25) is 0 Å². The number of hydrogen-bond donors (Lipinski definition) is 1. The normalized spacial score (nSPS) is 10.6. The lowest BCUT2D eigenvalue weighted by atomic mass is 10.1. The molecular formula is C9H12F2N2O. The summed E-state index contributed by atoms with van der Waals surface area (Å²) in [6, 6.07) is 1.76. The standard InChI is InChI=1S/C9H12F2N2O/c1-6-2-3-13-9(7(6)4-12)14-5-8(10)11/h2-3,8H,4-5,12H2,1H3. The molecule has 2 N–H and O–H groups in total. The van der Waals surface area contributed by atoms with Crippen LogP contribution >= 0.6 is 0 Å². The Bertz CT molecular complexity index is 305. The number of alkyl halides is 2. The Labute approximate surface area is 80.9 Å². The Hall–Kier alpha value is -1.23. The Kier molecular flexibility index (Phi) is 3.76. The van der Waals surface area contributed by atoms with Gasteiger partial charge in [-0.1, -0.05) is 0 Å². The van der Waals surface area contributed by atoms with Crippen LogP contribution in [0.4, 0.5) is 8.78 Å². The lowest BCUT2D eigenvalue weighted by Crippen LogP contribution is -2.11. The SMILES string of the molecule is Cc1ccnc(OCC(F)F)c1CN. The number of nitrogens with zero attached hydrogens (tertiary/aromatic N) is 1. The van der Waals surface area contributed by atoms with Gasteiger partial charge in [-0.25, -0.2) is 13.8 Å². The highest BCUT2D eigenvalue weighted by Crippen LogP contribution is 2.18. The van der Waals surface area contributed by atoms with Crippen LogP contribution in [-0.2, 0) is 6.54 Å². The van der Waals surface area contributed by atoms with Gasteiger partial charge in [0.2, 0.25) is 5.88 Å². The minimum Gasteiger partial charge on any atom is -0.471 e. The highest BCUT2D eigenvalue weighted by Gasteiger charge is 2.09. The fraction of sp³-hybridized carbons (Fsp3) is 0.444. The van der Waals surface area contributed by atoms with Crippen LogP contribution in [0.5, 0.6) is 5.88 Å². The first kappa shape index (κ1) is 10.8. The third kappa shape index (κ3) is 2.63. The summed E-state index contributed by atoms with van der Waals surface area (Å²) in [5, 5.41) is 0. The van der Waals surface area contributed by atoms with Crippen molar-refractivity contribution in [2.75, 3.05) is 6.61 Å². The van der Waals surface area contributed by atoms with Crippen LogP contribution in [-0.4, -0.2) is 18.0 Å². The number of nitrogens with two attached hydrogens (primary N) is 1. The second-order valence-corrected chi connectivity index (χ2v) is 2.82. The van der Waals surface area contributed by atoms with Crippen molar-refractivity contribution in [2.45, 2.75) is 19.9 Å². The summed E-state index contributed by atoms with van der Waals surface area (Å²) < 4.78 is 28.6. The zero-order valence-electron chi connectivity index (χ0n) is 7.84. The molecule has 0 atom stereocenters. The predicted octanol–water partition coefficient (Wildman–Crippen LogP) is 1.49. The van der Waals surface area contributed by atoms with E-state index in [-0.39, 0.29) is 12.4 Å². The van der Waals surface area contributed by atoms with E-state index in [1.54, 1.807) is 6.07 Å². The number of aryl methyl sites for hydroxylation is 1. The first-order chi connectivity index (χ1) is 6.65. The van der Waals surface area contributed by atoms with Crippen LogP contribution in [0.3, 0.4) is 0 Å². The lowest BCUT2D eigenvalue weighted by molar-refractivity contribution is 0.0790. The molecule has 0 saturated heterocycles. The summed E-state index contributed by atoms with van der Waals surface area (Å²) in [6.07, 6.45) is -0.988. The van der Waals surface area contributed by atoms with E-state index >= 15 is 0 Å². The first-order valence-corrected chi connectivity index (χ1v) is 4.20. The monoisotopic (exact) mass is 202 g/mol. The Balaban J connectivity index is 2.80. The van der Waals surface area contributed by atoms with E-state index in [1.165, 1.54) is 6.20 Å². The van der Waals surface area contributed by atoms with Gasteiger partial charge in [0.1, 0.15) is 0 Å². The molecule has 0 bridgehead atoms. The first-order valence-electron chi connectivity index (χ1n) is 4.20. The van der Waals surface area contributed by atoms with E-state index in [1.807, 2.05) is 6.92 Å². The van der Waals surface area contributed by atoms with Crippen molar-refractivity contribution < 1.29 is 13.5 Å². The van der Waals surface area contributed by atoms with Crippen molar-refractivity contribution in [3.8, 4) is 5.88 Å². The Morgan fingerprint density at radius 1 is 1.57 bits per heavy atom. The van der Waals surface area contributed by atoms with E-state index in [2.05, 4.69) is 4.98 Å². The van der Waals surface area contributed by atoms with Gasteiger partial charge in [0.05, 0.1) is 0 Å². The topological polar surface area (TPSA) is 48.1 Å². The molecule has 1 aromatic rings. The number of ether oxygens (including phenoxy) is 1. The van der Waals surface area contributed by atoms with Crippen molar-refractivity contribution in [2.24, 2.45) is 5.73 Å². The van der Waals surface area contributed by atoms with E-state index in [4.69, 9.17) is 10.5 Å². The van der Waals surface area contributed by atoms with Crippen LogP contribution in [0.2, 0.25) is 0 Å². The molecule has 0 spiro atoms. The summed E-state index contributed by atoms with van der Waals surface area (Å²) in [4.78, 5) is 3.85. The van der Waals surface area contributed by atoms with E-state index < -0.39 is 13.0 Å². The van der Waals surface area contributed by atoms with Crippen molar-refractivity contribution in [1.29, 1.82) is 0 Å². The highest BCUT2D eigenvalue weighted by atomic mass is 19.3. The van der Waals surface area contributed by atoms with Gasteiger partial charge < -0.3 is 10.5 Å². The Morgan fingerprint density at radius 2 is 2.29 bits per heavy atom. The molecule has 0 aliphatic carbocycles. The van der Waals surface area contributed by atoms with Gasteiger partial charge in [-0.2, -0.15) is 0 Å². The predicted molar refractivity (Wildman–Crippen MR) is 48.4 cm³/mol. The van der Waals surface area contributed by atoms with Crippen LogP contribution < -0.4 is 10.5 Å². The summed E-state index contributed by atoms with van der Waals surface area (Å²) >= 11 is 0. The van der Waals surface area contributed by atoms with Crippen molar-refractivity contribution in [3.05, 3.63) is 23.4 Å². The molecule has 0 amide bonds. The second-order valence-electron chi connectivity index (χ2n) is 2.82. The van der Waals surface area contributed by atoms with Crippen LogP contribution in [0.25, 0.3) is 0 Å². The van der Waals surface area contributed by atoms with Gasteiger partial charge in [0.25, 0.3) is 6.43 Å². The molecular weight excluding hydrogens is 190 g/mol. The fourth-order valence-corrected chi connectivity index (χ4v) is 1.08. The summed E-state index contributed by atoms with van der Waals surface area (Å²) in [5.74, 6) is 0.202. The molecule has 3 nitrogen and oxygen atoms in total. The maximum atomic E-state index is 11.9. The lowest BCUT2D eigenvalue weighted by Gasteiger charge is -2.10. The fourth-order valence-electron chi connectivity index (χ4n) is 1.08. The van der Waals surface area contributed by atoms with Crippen molar-refractivity contribution >= 4 is 0 Å². The van der Waals surface area contributed by atoms with E-state index in [0.29, 0.717) is 5.56 Å². The Morgan fingerprint density at radius 3 is 2.86 bits per heavy atom. The minimum absolute atomic E-state index is 0.202. The number of halogens is 2. The number of hydrogen-bond acceptors (Lipinski definition) is 3. The summed E-state index contributed by atoms with van der Waals surface area (Å²) in [5.41, 5.74) is 7.02. The molecule has 78 valence electrons. The maximum Gasteiger partial charge on any atom is 0.272 e. The molecule has 14 heavy (non-hydrogen) atoms. The van der Waals surface area contributed by atoms with Crippen LogP contribution in [0.15, 0.2) is 12.3 Å². The van der Waals surface area contributed by atoms with Gasteiger partial charge in [0, 0.05) is 18.3 Å². The smallest absolute Gasteiger partial charge is 0.272 e. The van der Waals surface area contributed by atoms with Crippen LogP contribution in [0.1, 0.15) is 11.1 Å². The number of rotatable bonds is 4. The third-order valence-electron chi connectivity index (χ3n) is 1.80. The number of aromatic nitrogens is 1. The van der Waals surface area contributed by atoms with Gasteiger partial charge >= 0.3 is 0 Å². The van der Waals surface area contributed by atoms with Crippen LogP contribution in [0, 0.1) is 6.92 Å².